The molecule has 0 bridgehead atoms. The van der Waals surface area contributed by atoms with Gasteiger partial charge in [0.2, 0.25) is 6.41 Å². The Labute approximate surface area is 230 Å². The van der Waals surface area contributed by atoms with Crippen LogP contribution in [0.5, 0.6) is 5.75 Å². The highest BCUT2D eigenvalue weighted by Crippen LogP contribution is 2.29. The van der Waals surface area contributed by atoms with Crippen LogP contribution < -0.4 is 26.4 Å². The molecule has 0 heterocycles. The van der Waals surface area contributed by atoms with Crippen molar-refractivity contribution in [3.63, 3.8) is 0 Å². The van der Waals surface area contributed by atoms with E-state index >= 15 is 0 Å². The van der Waals surface area contributed by atoms with Crippen molar-refractivity contribution in [2.75, 3.05) is 30.3 Å². The summed E-state index contributed by atoms with van der Waals surface area (Å²) in [4.78, 5) is 11.1. The van der Waals surface area contributed by atoms with Crippen molar-refractivity contribution in [3.05, 3.63) is 125 Å². The van der Waals surface area contributed by atoms with Gasteiger partial charge in [-0.3, -0.25) is 4.79 Å². The van der Waals surface area contributed by atoms with E-state index in [0.29, 0.717) is 43.1 Å². The van der Waals surface area contributed by atoms with Crippen molar-refractivity contribution in [1.29, 1.82) is 0 Å². The molecular formula is C32H36N4O3. The van der Waals surface area contributed by atoms with Gasteiger partial charge in [0.1, 0.15) is 12.4 Å². The molecule has 0 saturated heterocycles. The molecule has 1 amide bonds. The van der Waals surface area contributed by atoms with Crippen molar-refractivity contribution in [3.8, 4) is 5.75 Å². The van der Waals surface area contributed by atoms with Gasteiger partial charge in [-0.15, -0.1) is 0 Å². The lowest BCUT2D eigenvalue weighted by molar-refractivity contribution is -0.105. The van der Waals surface area contributed by atoms with Crippen molar-refractivity contribution < 1.29 is 14.6 Å². The number of nitrogens with one attached hydrogen (secondary N) is 3. The van der Waals surface area contributed by atoms with E-state index in [4.69, 9.17) is 10.5 Å². The Morgan fingerprint density at radius 1 is 0.821 bits per heavy atom. The Balaban J connectivity index is 1.21. The molecule has 4 aromatic carbocycles. The number of aliphatic hydroxyl groups excluding tert-OH is 1. The predicted molar refractivity (Wildman–Crippen MR) is 157 cm³/mol. The van der Waals surface area contributed by atoms with E-state index in [2.05, 4.69) is 40.2 Å². The van der Waals surface area contributed by atoms with Gasteiger partial charge in [-0.05, 0) is 59.5 Å². The molecule has 0 spiro atoms. The van der Waals surface area contributed by atoms with E-state index in [1.54, 1.807) is 12.1 Å². The van der Waals surface area contributed by atoms with Crippen molar-refractivity contribution in [1.82, 2.24) is 5.32 Å². The summed E-state index contributed by atoms with van der Waals surface area (Å²) in [5, 5.41) is 20.1. The topological polar surface area (TPSA) is 109 Å². The lowest BCUT2D eigenvalue weighted by atomic mass is 10.1. The highest BCUT2D eigenvalue weighted by molar-refractivity contribution is 5.76. The fourth-order valence-electron chi connectivity index (χ4n) is 4.22. The van der Waals surface area contributed by atoms with Crippen LogP contribution in [0.15, 0.2) is 103 Å². The zero-order valence-corrected chi connectivity index (χ0v) is 21.9. The van der Waals surface area contributed by atoms with Crippen LogP contribution in [0.25, 0.3) is 0 Å². The number of hydrogen-bond donors (Lipinski definition) is 5. The number of hydrogen-bond acceptors (Lipinski definition) is 6. The normalized spacial score (nSPS) is 12.4. The first kappa shape index (κ1) is 27.9. The van der Waals surface area contributed by atoms with E-state index < -0.39 is 6.10 Å². The Bertz CT molecular complexity index is 1280. The van der Waals surface area contributed by atoms with E-state index in [1.165, 1.54) is 5.56 Å². The molecule has 7 heteroatoms. The Morgan fingerprint density at radius 2 is 1.54 bits per heavy atom. The molecule has 0 aliphatic heterocycles. The molecule has 0 aliphatic rings. The summed E-state index contributed by atoms with van der Waals surface area (Å²) in [5.41, 5.74) is 11.9. The Kier molecular flexibility index (Phi) is 10.5. The fraction of sp³-hybridized carbons (Fsp3) is 0.219. The number of amides is 1. The molecule has 4 rings (SSSR count). The monoisotopic (exact) mass is 524 g/mol. The molecule has 1 unspecified atom stereocenters. The largest absolute Gasteiger partial charge is 0.487 e. The number of nitrogens with two attached hydrogens (primary N) is 1. The number of aliphatic hydroxyl groups is 1. The minimum absolute atomic E-state index is 0.0650. The lowest BCUT2D eigenvalue weighted by Gasteiger charge is -2.16. The van der Waals surface area contributed by atoms with Gasteiger partial charge < -0.3 is 31.5 Å². The molecule has 202 valence electrons. The molecule has 7 nitrogen and oxygen atoms in total. The third-order valence-corrected chi connectivity index (χ3v) is 6.48. The molecular weight excluding hydrogens is 488 g/mol. The maximum absolute atomic E-state index is 11.1. The molecule has 6 N–H and O–H groups in total. The maximum Gasteiger partial charge on any atom is 0.211 e. The predicted octanol–water partition coefficient (Wildman–Crippen LogP) is 4.81. The Morgan fingerprint density at radius 3 is 2.26 bits per heavy atom. The highest BCUT2D eigenvalue weighted by atomic mass is 16.5. The summed E-state index contributed by atoms with van der Waals surface area (Å²) in [5.74, 6) is 0.551. The number of rotatable bonds is 15. The summed E-state index contributed by atoms with van der Waals surface area (Å²) in [6.45, 7) is 2.16. The summed E-state index contributed by atoms with van der Waals surface area (Å²) in [6.07, 6.45) is 0.721. The average molecular weight is 525 g/mol. The summed E-state index contributed by atoms with van der Waals surface area (Å²) < 4.78 is 5.88. The van der Waals surface area contributed by atoms with Gasteiger partial charge in [0.05, 0.1) is 11.8 Å². The second-order valence-electron chi connectivity index (χ2n) is 9.36. The molecule has 0 fully saturated rings. The first-order valence-corrected chi connectivity index (χ1v) is 13.2. The van der Waals surface area contributed by atoms with E-state index in [9.17, 15) is 9.90 Å². The van der Waals surface area contributed by atoms with Gasteiger partial charge >= 0.3 is 0 Å². The van der Waals surface area contributed by atoms with Gasteiger partial charge in [-0.1, -0.05) is 78.9 Å². The first-order valence-electron chi connectivity index (χ1n) is 13.2. The number of anilines is 2. The number of carbonyl (C=O) groups excluding carboxylic acids is 1. The van der Waals surface area contributed by atoms with E-state index in [0.717, 1.165) is 29.8 Å². The van der Waals surface area contributed by atoms with Crippen LogP contribution in [-0.4, -0.2) is 31.2 Å². The van der Waals surface area contributed by atoms with E-state index in [1.807, 2.05) is 66.7 Å². The van der Waals surface area contributed by atoms with Crippen LogP contribution in [0.4, 0.5) is 11.4 Å². The lowest BCUT2D eigenvalue weighted by Crippen LogP contribution is -2.24. The van der Waals surface area contributed by atoms with Crippen LogP contribution >= 0.6 is 0 Å². The SMILES string of the molecule is NC(CNc1ccc(CCNC[C@H](O)c2ccc(OCc3ccccc3)c(NC=O)c2)cc1)c1ccccc1. The van der Waals surface area contributed by atoms with Gasteiger partial charge in [-0.25, -0.2) is 0 Å². The standard InChI is InChI=1S/C32H36N4O3/c33-29(26-9-5-2-6-10-26)20-35-28-14-11-24(12-15-28)17-18-34-21-31(38)27-13-16-32(30(19-27)36-23-37)39-22-25-7-3-1-4-8-25/h1-16,19,23,29,31,34-35,38H,17-18,20-22,33H2,(H,36,37)/t29?,31-/m0/s1. The smallest absolute Gasteiger partial charge is 0.211 e. The quantitative estimate of drug-likeness (QED) is 0.113. The zero-order chi connectivity index (χ0) is 27.3. The Hall–Kier alpha value is -4.17. The molecule has 0 saturated carbocycles. The van der Waals surface area contributed by atoms with Crippen LogP contribution in [0.2, 0.25) is 0 Å². The van der Waals surface area contributed by atoms with Gasteiger partial charge in [0.25, 0.3) is 0 Å². The maximum atomic E-state index is 11.1. The molecule has 2 atom stereocenters. The zero-order valence-electron chi connectivity index (χ0n) is 21.9. The molecule has 0 aromatic heterocycles. The van der Waals surface area contributed by atoms with Gasteiger partial charge in [0.15, 0.2) is 0 Å². The average Bonchev–Trinajstić information content (AvgIpc) is 2.99. The third kappa shape index (κ3) is 8.68. The summed E-state index contributed by atoms with van der Waals surface area (Å²) in [7, 11) is 0. The second-order valence-corrected chi connectivity index (χ2v) is 9.36. The molecule has 4 aromatic rings. The number of benzene rings is 4. The van der Waals surface area contributed by atoms with E-state index in [-0.39, 0.29) is 6.04 Å². The van der Waals surface area contributed by atoms with Crippen molar-refractivity contribution in [2.45, 2.75) is 25.2 Å². The summed E-state index contributed by atoms with van der Waals surface area (Å²) >= 11 is 0. The first-order chi connectivity index (χ1) is 19.1. The van der Waals surface area contributed by atoms with Gasteiger partial charge in [-0.2, -0.15) is 0 Å². The molecule has 39 heavy (non-hydrogen) atoms. The van der Waals surface area contributed by atoms with Crippen LogP contribution in [0, 0.1) is 0 Å². The number of ether oxygens (including phenoxy) is 1. The second kappa shape index (κ2) is 14.7. The van der Waals surface area contributed by atoms with Crippen molar-refractivity contribution in [2.24, 2.45) is 5.73 Å². The fourth-order valence-corrected chi connectivity index (χ4v) is 4.22. The summed E-state index contributed by atoms with van der Waals surface area (Å²) in [6, 6.07) is 33.5. The minimum atomic E-state index is -0.722. The van der Waals surface area contributed by atoms with Crippen LogP contribution in [0.3, 0.4) is 0 Å². The number of carbonyl (C=O) groups is 1. The minimum Gasteiger partial charge on any atom is -0.487 e. The van der Waals surface area contributed by atoms with Crippen molar-refractivity contribution >= 4 is 17.8 Å². The van der Waals surface area contributed by atoms with Crippen LogP contribution in [0.1, 0.15) is 34.4 Å². The third-order valence-electron chi connectivity index (χ3n) is 6.48. The molecule has 0 radical (unpaired) electrons. The highest BCUT2D eigenvalue weighted by Gasteiger charge is 2.12. The van der Waals surface area contributed by atoms with Gasteiger partial charge in [0, 0.05) is 24.8 Å². The van der Waals surface area contributed by atoms with Crippen LogP contribution in [-0.2, 0) is 17.8 Å². The molecule has 0 aliphatic carbocycles.